The molecular formula is C9H16BrNO. The maximum absolute atomic E-state index is 11.7. The van der Waals surface area contributed by atoms with Crippen LogP contribution < -0.4 is 0 Å². The van der Waals surface area contributed by atoms with E-state index in [9.17, 15) is 4.79 Å². The highest BCUT2D eigenvalue weighted by atomic mass is 79.9. The summed E-state index contributed by atoms with van der Waals surface area (Å²) in [5.74, 6) is 0.224. The van der Waals surface area contributed by atoms with E-state index in [1.165, 1.54) is 6.42 Å². The van der Waals surface area contributed by atoms with Gasteiger partial charge in [0.1, 0.15) is 0 Å². The minimum Gasteiger partial charge on any atom is -0.342 e. The van der Waals surface area contributed by atoms with Crippen LogP contribution in [0.5, 0.6) is 0 Å². The van der Waals surface area contributed by atoms with Gasteiger partial charge in [0, 0.05) is 13.1 Å². The molecule has 1 aliphatic rings. The molecule has 12 heavy (non-hydrogen) atoms. The van der Waals surface area contributed by atoms with E-state index in [0.29, 0.717) is 0 Å². The van der Waals surface area contributed by atoms with Crippen molar-refractivity contribution in [1.82, 2.24) is 4.90 Å². The molecule has 1 heterocycles. The third-order valence-electron chi connectivity index (χ3n) is 2.15. The van der Waals surface area contributed by atoms with Crippen LogP contribution in [0, 0.1) is 0 Å². The maximum atomic E-state index is 11.7. The molecule has 0 aromatic carbocycles. The van der Waals surface area contributed by atoms with Crippen molar-refractivity contribution >= 4 is 21.8 Å². The third-order valence-corrected chi connectivity index (χ3v) is 2.49. The van der Waals surface area contributed by atoms with E-state index >= 15 is 0 Å². The second-order valence-electron chi connectivity index (χ2n) is 3.83. The van der Waals surface area contributed by atoms with Crippen LogP contribution >= 0.6 is 15.9 Å². The number of halogens is 1. The minimum atomic E-state index is -0.385. The van der Waals surface area contributed by atoms with Crippen molar-refractivity contribution in [2.75, 3.05) is 13.1 Å². The minimum absolute atomic E-state index is 0.224. The summed E-state index contributed by atoms with van der Waals surface area (Å²) in [4.78, 5) is 13.7. The monoisotopic (exact) mass is 233 g/mol. The van der Waals surface area contributed by atoms with Crippen molar-refractivity contribution in [2.45, 2.75) is 37.4 Å². The Kier molecular flexibility index (Phi) is 3.16. The first-order chi connectivity index (χ1) is 5.52. The summed E-state index contributed by atoms with van der Waals surface area (Å²) in [6.07, 6.45) is 3.59. The molecule has 1 fully saturated rings. The van der Waals surface area contributed by atoms with E-state index in [1.807, 2.05) is 18.7 Å². The molecular weight excluding hydrogens is 218 g/mol. The summed E-state index contributed by atoms with van der Waals surface area (Å²) < 4.78 is -0.385. The van der Waals surface area contributed by atoms with Gasteiger partial charge >= 0.3 is 0 Å². The Morgan fingerprint density at radius 3 is 2.17 bits per heavy atom. The molecule has 1 amide bonds. The molecule has 0 N–H and O–H groups in total. The number of hydrogen-bond acceptors (Lipinski definition) is 1. The van der Waals surface area contributed by atoms with Crippen LogP contribution in [-0.4, -0.2) is 28.2 Å². The number of alkyl halides is 1. The van der Waals surface area contributed by atoms with E-state index < -0.39 is 0 Å². The first-order valence-electron chi connectivity index (χ1n) is 4.50. The Balaban J connectivity index is 2.51. The highest BCUT2D eigenvalue weighted by Gasteiger charge is 2.29. The van der Waals surface area contributed by atoms with Crippen molar-refractivity contribution < 1.29 is 4.79 Å². The van der Waals surface area contributed by atoms with Gasteiger partial charge in [-0.15, -0.1) is 0 Å². The van der Waals surface area contributed by atoms with Gasteiger partial charge in [-0.2, -0.15) is 0 Å². The molecule has 70 valence electrons. The molecule has 0 aliphatic carbocycles. The van der Waals surface area contributed by atoms with E-state index in [2.05, 4.69) is 15.9 Å². The van der Waals surface area contributed by atoms with Crippen LogP contribution in [0.1, 0.15) is 33.1 Å². The second kappa shape index (κ2) is 3.77. The van der Waals surface area contributed by atoms with Crippen molar-refractivity contribution in [1.29, 1.82) is 0 Å². The van der Waals surface area contributed by atoms with Crippen molar-refractivity contribution in [2.24, 2.45) is 0 Å². The lowest BCUT2D eigenvalue weighted by Crippen LogP contribution is -2.44. The SMILES string of the molecule is CC(C)(Br)C(=O)N1CCCCC1. The first kappa shape index (κ1) is 10.0. The Morgan fingerprint density at radius 1 is 1.25 bits per heavy atom. The number of hydrogen-bond donors (Lipinski definition) is 0. The van der Waals surface area contributed by atoms with E-state index in [1.54, 1.807) is 0 Å². The van der Waals surface area contributed by atoms with Crippen molar-refractivity contribution in [3.8, 4) is 0 Å². The Labute approximate surface area is 82.4 Å². The number of carbonyl (C=O) groups is 1. The molecule has 0 bridgehead atoms. The lowest BCUT2D eigenvalue weighted by atomic mass is 10.1. The molecule has 3 heteroatoms. The Morgan fingerprint density at radius 2 is 1.75 bits per heavy atom. The molecule has 2 nitrogen and oxygen atoms in total. The average molecular weight is 234 g/mol. The molecule has 0 unspecified atom stereocenters. The molecule has 0 aromatic heterocycles. The normalized spacial score (nSPS) is 19.4. The fraction of sp³-hybridized carbons (Fsp3) is 0.889. The third kappa shape index (κ3) is 2.47. The van der Waals surface area contributed by atoms with Crippen molar-refractivity contribution in [3.05, 3.63) is 0 Å². The molecule has 1 rings (SSSR count). The number of carbonyl (C=O) groups excluding carboxylic acids is 1. The predicted octanol–water partition coefficient (Wildman–Crippen LogP) is 2.17. The van der Waals surface area contributed by atoms with Crippen molar-refractivity contribution in [3.63, 3.8) is 0 Å². The zero-order chi connectivity index (χ0) is 9.19. The molecule has 1 saturated heterocycles. The van der Waals surface area contributed by atoms with Gasteiger partial charge in [0.15, 0.2) is 0 Å². The van der Waals surface area contributed by atoms with Gasteiger partial charge in [-0.25, -0.2) is 0 Å². The highest BCUT2D eigenvalue weighted by Crippen LogP contribution is 2.21. The predicted molar refractivity (Wildman–Crippen MR) is 53.4 cm³/mol. The standard InChI is InChI=1S/C9H16BrNO/c1-9(2,10)8(12)11-6-4-3-5-7-11/h3-7H2,1-2H3. The molecule has 0 atom stereocenters. The Hall–Kier alpha value is -0.0500. The summed E-state index contributed by atoms with van der Waals surface area (Å²) in [7, 11) is 0. The topological polar surface area (TPSA) is 20.3 Å². The van der Waals surface area contributed by atoms with Crippen LogP contribution in [-0.2, 0) is 4.79 Å². The summed E-state index contributed by atoms with van der Waals surface area (Å²) >= 11 is 3.39. The summed E-state index contributed by atoms with van der Waals surface area (Å²) in [5.41, 5.74) is 0. The number of amides is 1. The molecule has 0 saturated carbocycles. The lowest BCUT2D eigenvalue weighted by molar-refractivity contribution is -0.133. The number of nitrogens with zero attached hydrogens (tertiary/aromatic N) is 1. The lowest BCUT2D eigenvalue weighted by Gasteiger charge is -2.31. The summed E-state index contributed by atoms with van der Waals surface area (Å²) in [5, 5.41) is 0. The van der Waals surface area contributed by atoms with E-state index in [4.69, 9.17) is 0 Å². The van der Waals surface area contributed by atoms with Gasteiger partial charge in [-0.1, -0.05) is 15.9 Å². The quantitative estimate of drug-likeness (QED) is 0.637. The zero-order valence-corrected chi connectivity index (χ0v) is 9.35. The smallest absolute Gasteiger partial charge is 0.238 e. The largest absolute Gasteiger partial charge is 0.342 e. The zero-order valence-electron chi connectivity index (χ0n) is 7.77. The molecule has 0 radical (unpaired) electrons. The number of likely N-dealkylation sites (tertiary alicyclic amines) is 1. The molecule has 0 spiro atoms. The number of piperidine rings is 1. The van der Waals surface area contributed by atoms with Crippen LogP contribution in [0.3, 0.4) is 0 Å². The van der Waals surface area contributed by atoms with Gasteiger partial charge in [0.05, 0.1) is 4.32 Å². The molecule has 1 aliphatic heterocycles. The summed E-state index contributed by atoms with van der Waals surface area (Å²) in [6.45, 7) is 5.69. The van der Waals surface area contributed by atoms with Gasteiger partial charge in [0.2, 0.25) is 5.91 Å². The second-order valence-corrected chi connectivity index (χ2v) is 5.81. The number of rotatable bonds is 1. The van der Waals surface area contributed by atoms with Crippen LogP contribution in [0.15, 0.2) is 0 Å². The fourth-order valence-electron chi connectivity index (χ4n) is 1.47. The van der Waals surface area contributed by atoms with E-state index in [-0.39, 0.29) is 10.2 Å². The van der Waals surface area contributed by atoms with Crippen LogP contribution in [0.4, 0.5) is 0 Å². The fourth-order valence-corrected chi connectivity index (χ4v) is 1.72. The van der Waals surface area contributed by atoms with Gasteiger partial charge in [-0.05, 0) is 33.1 Å². The highest BCUT2D eigenvalue weighted by molar-refractivity contribution is 9.10. The maximum Gasteiger partial charge on any atom is 0.238 e. The Bertz CT molecular complexity index is 168. The molecule has 0 aromatic rings. The van der Waals surface area contributed by atoms with Crippen LogP contribution in [0.25, 0.3) is 0 Å². The van der Waals surface area contributed by atoms with E-state index in [0.717, 1.165) is 25.9 Å². The van der Waals surface area contributed by atoms with Crippen LogP contribution in [0.2, 0.25) is 0 Å². The average Bonchev–Trinajstić information content (AvgIpc) is 2.03. The van der Waals surface area contributed by atoms with Gasteiger partial charge in [-0.3, -0.25) is 4.79 Å². The van der Waals surface area contributed by atoms with Gasteiger partial charge < -0.3 is 4.90 Å². The van der Waals surface area contributed by atoms with Gasteiger partial charge in [0.25, 0.3) is 0 Å². The summed E-state index contributed by atoms with van der Waals surface area (Å²) in [6, 6.07) is 0. The first-order valence-corrected chi connectivity index (χ1v) is 5.29.